The third-order valence-corrected chi connectivity index (χ3v) is 7.80. The Morgan fingerprint density at radius 3 is 0.756 bits per heavy atom. The predicted molar refractivity (Wildman–Crippen MR) is 175 cm³/mol. The van der Waals surface area contributed by atoms with Gasteiger partial charge in [0.1, 0.15) is 0 Å². The molecule has 0 amide bonds. The number of ether oxygens (including phenoxy) is 1. The Hall–Kier alpha value is -0.940. The van der Waals surface area contributed by atoms with E-state index in [4.69, 9.17) is 14.9 Å². The van der Waals surface area contributed by atoms with Gasteiger partial charge in [0.05, 0.1) is 13.2 Å². The van der Waals surface area contributed by atoms with Crippen LogP contribution in [0.15, 0.2) is 0 Å². The number of unbranched alkanes of at least 4 members (excludes halogenated alkanes) is 26. The van der Waals surface area contributed by atoms with Crippen molar-refractivity contribution >= 4 is 11.9 Å². The Morgan fingerprint density at radius 1 is 0.366 bits per heavy atom. The maximum absolute atomic E-state index is 11.9. The van der Waals surface area contributed by atoms with Gasteiger partial charge in [0.25, 0.3) is 0 Å². The minimum atomic E-state index is -0.325. The summed E-state index contributed by atoms with van der Waals surface area (Å²) in [6.07, 6.45) is 37.2. The summed E-state index contributed by atoms with van der Waals surface area (Å²) in [7, 11) is 0. The molecule has 246 valence electrons. The fourth-order valence-corrected chi connectivity index (χ4v) is 5.16. The highest BCUT2D eigenvalue weighted by molar-refractivity contribution is 5.85. The fraction of sp³-hybridized carbons (Fsp3) is 0.944. The number of carbonyl (C=O) groups is 2. The van der Waals surface area contributed by atoms with Crippen molar-refractivity contribution in [1.82, 2.24) is 0 Å². The second kappa shape index (κ2) is 39.1. The van der Waals surface area contributed by atoms with Gasteiger partial charge in [-0.15, -0.1) is 0 Å². The minimum Gasteiger partial charge on any atom is -0.394 e. The molecule has 0 aromatic carbocycles. The quantitative estimate of drug-likeness (QED) is 0.0481. The van der Waals surface area contributed by atoms with E-state index in [2.05, 4.69) is 13.8 Å². The average molecular weight is 585 g/mol. The highest BCUT2D eigenvalue weighted by atomic mass is 16.6. The lowest BCUT2D eigenvalue weighted by atomic mass is 10.0. The molecule has 0 aromatic heterocycles. The Labute approximate surface area is 256 Å². The summed E-state index contributed by atoms with van der Waals surface area (Å²) >= 11 is 0. The van der Waals surface area contributed by atoms with E-state index >= 15 is 0 Å². The van der Waals surface area contributed by atoms with Crippen LogP contribution in [0.1, 0.15) is 206 Å². The van der Waals surface area contributed by atoms with Crippen LogP contribution in [0.4, 0.5) is 0 Å². The number of hydrogen-bond acceptors (Lipinski definition) is 5. The summed E-state index contributed by atoms with van der Waals surface area (Å²) < 4.78 is 5.00. The van der Waals surface area contributed by atoms with E-state index in [1.54, 1.807) is 0 Å². The zero-order valence-electron chi connectivity index (χ0n) is 27.7. The highest BCUT2D eigenvalue weighted by Gasteiger charge is 2.09. The largest absolute Gasteiger partial charge is 0.394 e. The lowest BCUT2D eigenvalue weighted by Gasteiger charge is -2.05. The van der Waals surface area contributed by atoms with Crippen LogP contribution in [0, 0.1) is 0 Å². The lowest BCUT2D eigenvalue weighted by Crippen LogP contribution is -2.11. The third-order valence-electron chi connectivity index (χ3n) is 7.80. The summed E-state index contributed by atoms with van der Waals surface area (Å²) in [6.45, 7) is 4.30. The fourth-order valence-electron chi connectivity index (χ4n) is 5.16. The summed E-state index contributed by atoms with van der Waals surface area (Å²) in [6, 6.07) is 0. The molecule has 5 heteroatoms. The second-order valence-corrected chi connectivity index (χ2v) is 12.0. The lowest BCUT2D eigenvalue weighted by molar-refractivity contribution is -0.159. The van der Waals surface area contributed by atoms with Gasteiger partial charge < -0.3 is 14.9 Å². The molecule has 0 aliphatic rings. The number of aliphatic hydroxyl groups is 2. The smallest absolute Gasteiger partial charge is 0.313 e. The first-order valence-electron chi connectivity index (χ1n) is 18.1. The molecule has 5 nitrogen and oxygen atoms in total. The van der Waals surface area contributed by atoms with E-state index in [0.29, 0.717) is 12.8 Å². The average Bonchev–Trinajstić information content (AvgIpc) is 2.97. The molecule has 0 radical (unpaired) electrons. The topological polar surface area (TPSA) is 83.8 Å². The van der Waals surface area contributed by atoms with Crippen LogP contribution in [0.3, 0.4) is 0 Å². The Bertz CT molecular complexity index is 506. The van der Waals surface area contributed by atoms with Crippen LogP contribution >= 0.6 is 0 Å². The molecule has 0 fully saturated rings. The van der Waals surface area contributed by atoms with E-state index in [9.17, 15) is 9.59 Å². The second-order valence-electron chi connectivity index (χ2n) is 12.0. The van der Waals surface area contributed by atoms with E-state index in [-0.39, 0.29) is 25.2 Å². The van der Waals surface area contributed by atoms with E-state index in [1.807, 2.05) is 0 Å². The Kier molecular flexibility index (Phi) is 40.2. The molecule has 0 saturated carbocycles. The van der Waals surface area contributed by atoms with Crippen LogP contribution in [-0.2, 0) is 14.3 Å². The van der Waals surface area contributed by atoms with Crippen molar-refractivity contribution in [2.24, 2.45) is 0 Å². The van der Waals surface area contributed by atoms with E-state index < -0.39 is 0 Å². The molecule has 0 bridgehead atoms. The van der Waals surface area contributed by atoms with Crippen molar-refractivity contribution < 1.29 is 24.5 Å². The predicted octanol–water partition coefficient (Wildman–Crippen LogP) is 10.8. The zero-order valence-corrected chi connectivity index (χ0v) is 27.7. The van der Waals surface area contributed by atoms with Gasteiger partial charge in [-0.2, -0.15) is 0 Å². The molecule has 0 spiro atoms. The van der Waals surface area contributed by atoms with Crippen LogP contribution < -0.4 is 0 Å². The van der Waals surface area contributed by atoms with Crippen molar-refractivity contribution in [2.75, 3.05) is 13.2 Å². The van der Waals surface area contributed by atoms with Crippen molar-refractivity contribution in [3.05, 3.63) is 0 Å². The van der Waals surface area contributed by atoms with Crippen molar-refractivity contribution in [2.45, 2.75) is 206 Å². The normalized spacial score (nSPS) is 10.8. The number of carbonyl (C=O) groups excluding carboxylic acids is 2. The molecule has 0 saturated heterocycles. The van der Waals surface area contributed by atoms with Crippen LogP contribution in [0.2, 0.25) is 0 Å². The van der Waals surface area contributed by atoms with Gasteiger partial charge in [0.15, 0.2) is 0 Å². The Balaban J connectivity index is 0. The molecular weight excluding hydrogens is 512 g/mol. The van der Waals surface area contributed by atoms with Crippen LogP contribution in [0.25, 0.3) is 0 Å². The third kappa shape index (κ3) is 41.3. The van der Waals surface area contributed by atoms with E-state index in [1.165, 1.54) is 154 Å². The first kappa shape index (κ1) is 42.2. The maximum Gasteiger partial charge on any atom is 0.313 e. The molecule has 0 heterocycles. The van der Waals surface area contributed by atoms with Crippen LogP contribution in [-0.4, -0.2) is 35.4 Å². The molecule has 0 aromatic rings. The Morgan fingerprint density at radius 2 is 0.561 bits per heavy atom. The number of esters is 2. The number of rotatable bonds is 31. The molecule has 2 N–H and O–H groups in total. The van der Waals surface area contributed by atoms with Crippen LogP contribution in [0.5, 0.6) is 0 Å². The van der Waals surface area contributed by atoms with Gasteiger partial charge in [-0.25, -0.2) is 0 Å². The summed E-state index contributed by atoms with van der Waals surface area (Å²) in [5, 5.41) is 15.2. The number of aliphatic hydroxyl groups excluding tert-OH is 2. The van der Waals surface area contributed by atoms with Crippen molar-refractivity contribution in [3.8, 4) is 0 Å². The van der Waals surface area contributed by atoms with Crippen molar-refractivity contribution in [3.63, 3.8) is 0 Å². The zero-order chi connectivity index (χ0) is 30.5. The molecular formula is C36H72O5. The maximum atomic E-state index is 11.9. The van der Waals surface area contributed by atoms with Crippen molar-refractivity contribution in [1.29, 1.82) is 0 Å². The van der Waals surface area contributed by atoms with Gasteiger partial charge in [0, 0.05) is 12.8 Å². The van der Waals surface area contributed by atoms with Gasteiger partial charge in [-0.05, 0) is 12.8 Å². The SMILES string of the molecule is CCCCCCCCCCCCCCCCCC(=O)OC(=O)CCCCCCCCCCCCCCC.OCCO. The monoisotopic (exact) mass is 585 g/mol. The summed E-state index contributed by atoms with van der Waals surface area (Å²) in [5.41, 5.74) is 0. The molecule has 0 aliphatic heterocycles. The van der Waals surface area contributed by atoms with Gasteiger partial charge in [-0.1, -0.05) is 181 Å². The molecule has 0 atom stereocenters. The standard InChI is InChI=1S/C34H66O3.C2H6O2/c1-3-5-7-9-11-13-15-17-18-20-22-24-26-28-30-32-34(36)37-33(35)31-29-27-25-23-21-19-16-14-12-10-8-6-4-2;3-1-2-4/h3-32H2,1-2H3;3-4H,1-2H2. The van der Waals surface area contributed by atoms with E-state index in [0.717, 1.165) is 25.7 Å². The summed E-state index contributed by atoms with van der Waals surface area (Å²) in [4.78, 5) is 23.8. The summed E-state index contributed by atoms with van der Waals surface area (Å²) in [5.74, 6) is -0.650. The van der Waals surface area contributed by atoms with Gasteiger partial charge in [-0.3, -0.25) is 9.59 Å². The van der Waals surface area contributed by atoms with Gasteiger partial charge in [0.2, 0.25) is 0 Å². The molecule has 0 unspecified atom stereocenters. The molecule has 0 aliphatic carbocycles. The molecule has 0 rings (SSSR count). The molecule has 41 heavy (non-hydrogen) atoms. The highest BCUT2D eigenvalue weighted by Crippen LogP contribution is 2.15. The minimum absolute atomic E-state index is 0.125. The van der Waals surface area contributed by atoms with Gasteiger partial charge >= 0.3 is 11.9 Å². The first-order valence-corrected chi connectivity index (χ1v) is 18.1. The first-order chi connectivity index (χ1) is 20.1. The number of hydrogen-bond donors (Lipinski definition) is 2.